The molecule has 0 saturated heterocycles. The van der Waals surface area contributed by atoms with Gasteiger partial charge in [0, 0.05) is 12.1 Å². The van der Waals surface area contributed by atoms with Gasteiger partial charge in [-0.05, 0) is 30.9 Å². The molecule has 0 radical (unpaired) electrons. The van der Waals surface area contributed by atoms with Crippen LogP contribution in [0.25, 0.3) is 21.7 Å². The van der Waals surface area contributed by atoms with Gasteiger partial charge in [-0.2, -0.15) is 0 Å². The molecular formula is C15H12O4. The molecule has 0 saturated carbocycles. The number of benzene rings is 2. The fraction of sp³-hybridized carbons (Fsp3) is 0.133. The van der Waals surface area contributed by atoms with Crippen LogP contribution in [0.3, 0.4) is 0 Å². The van der Waals surface area contributed by atoms with E-state index in [1.165, 1.54) is 12.1 Å². The van der Waals surface area contributed by atoms with Gasteiger partial charge < -0.3 is 14.6 Å². The zero-order chi connectivity index (χ0) is 13.7. The second-order valence-corrected chi connectivity index (χ2v) is 4.68. The number of rotatable bonds is 0. The first kappa shape index (κ1) is 11.6. The number of phenolic OH excluding ortho intramolecular Hbond substituents is 1. The van der Waals surface area contributed by atoms with Gasteiger partial charge in [-0.15, -0.1) is 0 Å². The predicted octanol–water partition coefficient (Wildman–Crippen LogP) is 2.97. The van der Waals surface area contributed by atoms with Crippen molar-refractivity contribution >= 4 is 21.7 Å². The van der Waals surface area contributed by atoms with Crippen molar-refractivity contribution in [3.8, 4) is 11.5 Å². The Balaban J connectivity index is 2.70. The van der Waals surface area contributed by atoms with E-state index in [4.69, 9.17) is 4.42 Å². The summed E-state index contributed by atoms with van der Waals surface area (Å²) in [6.07, 6.45) is 0. The zero-order valence-electron chi connectivity index (χ0n) is 10.5. The maximum absolute atomic E-state index is 11.4. The van der Waals surface area contributed by atoms with Gasteiger partial charge in [-0.25, -0.2) is 0 Å². The van der Waals surface area contributed by atoms with Gasteiger partial charge in [0.15, 0.2) is 5.43 Å². The molecule has 0 aliphatic rings. The van der Waals surface area contributed by atoms with E-state index >= 15 is 0 Å². The van der Waals surface area contributed by atoms with Gasteiger partial charge in [0.1, 0.15) is 22.8 Å². The normalized spacial score (nSPS) is 11.3. The number of hydrogen-bond donors (Lipinski definition) is 2. The third-order valence-electron chi connectivity index (χ3n) is 3.20. The molecule has 19 heavy (non-hydrogen) atoms. The van der Waals surface area contributed by atoms with Crippen molar-refractivity contribution in [3.63, 3.8) is 0 Å². The highest BCUT2D eigenvalue weighted by Crippen LogP contribution is 2.37. The summed E-state index contributed by atoms with van der Waals surface area (Å²) in [5.41, 5.74) is 0.916. The molecule has 0 amide bonds. The quantitative estimate of drug-likeness (QED) is 0.606. The second kappa shape index (κ2) is 3.75. The van der Waals surface area contributed by atoms with Gasteiger partial charge in [0.05, 0.1) is 10.8 Å². The van der Waals surface area contributed by atoms with Crippen LogP contribution >= 0.6 is 0 Å². The number of aryl methyl sites for hydroxylation is 2. The predicted molar refractivity (Wildman–Crippen MR) is 72.8 cm³/mol. The number of aromatic hydroxyl groups is 2. The van der Waals surface area contributed by atoms with Crippen molar-refractivity contribution in [3.05, 3.63) is 45.8 Å². The fourth-order valence-electron chi connectivity index (χ4n) is 2.47. The molecule has 0 aliphatic carbocycles. The topological polar surface area (TPSA) is 70.7 Å². The van der Waals surface area contributed by atoms with E-state index < -0.39 is 0 Å². The number of phenols is 1. The van der Waals surface area contributed by atoms with E-state index in [2.05, 4.69) is 0 Å². The summed E-state index contributed by atoms with van der Waals surface area (Å²) in [6.45, 7) is 3.53. The van der Waals surface area contributed by atoms with Crippen molar-refractivity contribution in [2.24, 2.45) is 0 Å². The first-order valence-corrected chi connectivity index (χ1v) is 5.87. The molecule has 4 heteroatoms. The average Bonchev–Trinajstić information content (AvgIpc) is 2.25. The van der Waals surface area contributed by atoms with Gasteiger partial charge in [-0.1, -0.05) is 6.07 Å². The molecule has 1 heterocycles. The zero-order valence-corrected chi connectivity index (χ0v) is 10.5. The lowest BCUT2D eigenvalue weighted by Crippen LogP contribution is -1.96. The highest BCUT2D eigenvalue weighted by molar-refractivity contribution is 6.10. The largest absolute Gasteiger partial charge is 0.507 e. The van der Waals surface area contributed by atoms with Crippen molar-refractivity contribution in [1.82, 2.24) is 0 Å². The Morgan fingerprint density at radius 2 is 1.63 bits per heavy atom. The Kier molecular flexibility index (Phi) is 2.29. The average molecular weight is 256 g/mol. The summed E-state index contributed by atoms with van der Waals surface area (Å²) in [5, 5.41) is 21.6. The molecule has 0 atom stereocenters. The first-order chi connectivity index (χ1) is 8.97. The summed E-state index contributed by atoms with van der Waals surface area (Å²) in [4.78, 5) is 11.4. The molecule has 0 fully saturated rings. The first-order valence-electron chi connectivity index (χ1n) is 5.87. The number of fused-ring (bicyclic) bond motifs is 3. The lowest BCUT2D eigenvalue weighted by molar-refractivity contribution is 0.468. The van der Waals surface area contributed by atoms with Crippen molar-refractivity contribution in [1.29, 1.82) is 0 Å². The SMILES string of the molecule is Cc1cc(O)c2c(C)cc3cc(=O)cc(O)c3c2o1. The summed E-state index contributed by atoms with van der Waals surface area (Å²) < 4.78 is 5.64. The molecule has 4 nitrogen and oxygen atoms in total. The Hall–Kier alpha value is -2.49. The minimum atomic E-state index is -0.263. The Morgan fingerprint density at radius 3 is 2.37 bits per heavy atom. The van der Waals surface area contributed by atoms with Crippen LogP contribution in [0.5, 0.6) is 11.5 Å². The van der Waals surface area contributed by atoms with E-state index in [0.717, 1.165) is 11.6 Å². The summed E-state index contributed by atoms with van der Waals surface area (Å²) in [6, 6.07) is 5.87. The van der Waals surface area contributed by atoms with Crippen LogP contribution in [0.2, 0.25) is 0 Å². The van der Waals surface area contributed by atoms with Crippen LogP contribution in [0.1, 0.15) is 11.3 Å². The smallest absolute Gasteiger partial charge is 0.182 e. The lowest BCUT2D eigenvalue weighted by atomic mass is 10.0. The molecule has 3 rings (SSSR count). The van der Waals surface area contributed by atoms with Gasteiger partial charge >= 0.3 is 0 Å². The molecule has 1 aromatic heterocycles. The maximum atomic E-state index is 11.4. The minimum absolute atomic E-state index is 0.101. The van der Waals surface area contributed by atoms with E-state index in [-0.39, 0.29) is 16.9 Å². The van der Waals surface area contributed by atoms with Crippen molar-refractivity contribution in [2.75, 3.05) is 0 Å². The summed E-state index contributed by atoms with van der Waals surface area (Å²) in [7, 11) is 0. The molecule has 0 aliphatic heterocycles. The van der Waals surface area contributed by atoms with E-state index in [1.54, 1.807) is 13.0 Å². The molecule has 96 valence electrons. The summed E-state index contributed by atoms with van der Waals surface area (Å²) >= 11 is 0. The molecule has 0 unspecified atom stereocenters. The highest BCUT2D eigenvalue weighted by Gasteiger charge is 2.14. The van der Waals surface area contributed by atoms with Crippen molar-refractivity contribution < 1.29 is 14.6 Å². The highest BCUT2D eigenvalue weighted by atomic mass is 16.3. The van der Waals surface area contributed by atoms with Crippen LogP contribution in [0, 0.1) is 13.8 Å². The maximum Gasteiger partial charge on any atom is 0.182 e. The molecule has 2 N–H and O–H groups in total. The van der Waals surface area contributed by atoms with Crippen molar-refractivity contribution in [2.45, 2.75) is 13.8 Å². The van der Waals surface area contributed by atoms with E-state index in [1.807, 2.05) is 6.92 Å². The summed E-state index contributed by atoms with van der Waals surface area (Å²) in [5.74, 6) is 0.493. The van der Waals surface area contributed by atoms with Crippen LogP contribution in [-0.4, -0.2) is 10.2 Å². The molecular weight excluding hydrogens is 244 g/mol. The minimum Gasteiger partial charge on any atom is -0.507 e. The Labute approximate surface area is 108 Å². The molecule has 2 aromatic carbocycles. The van der Waals surface area contributed by atoms with Crippen LogP contribution in [0.4, 0.5) is 0 Å². The van der Waals surface area contributed by atoms with Crippen LogP contribution in [0.15, 0.2) is 33.5 Å². The number of hydrogen-bond acceptors (Lipinski definition) is 4. The Bertz CT molecular complexity index is 875. The van der Waals surface area contributed by atoms with Gasteiger partial charge in [0.2, 0.25) is 0 Å². The molecule has 0 bridgehead atoms. The molecule has 0 spiro atoms. The Morgan fingerprint density at radius 1 is 0.947 bits per heavy atom. The van der Waals surface area contributed by atoms with Gasteiger partial charge in [-0.3, -0.25) is 4.79 Å². The van der Waals surface area contributed by atoms with E-state index in [0.29, 0.717) is 27.5 Å². The monoisotopic (exact) mass is 256 g/mol. The third-order valence-corrected chi connectivity index (χ3v) is 3.20. The lowest BCUT2D eigenvalue weighted by Gasteiger charge is -2.10. The standard InChI is InChI=1S/C15H12O4/c1-7-3-9-5-10(16)6-12(18)14(9)15-13(7)11(17)4-8(2)19-15/h3-6,17-18H,1-2H3. The second-order valence-electron chi connectivity index (χ2n) is 4.68. The van der Waals surface area contributed by atoms with Crippen LogP contribution in [-0.2, 0) is 0 Å². The third kappa shape index (κ3) is 1.64. The van der Waals surface area contributed by atoms with Gasteiger partial charge in [0.25, 0.3) is 0 Å². The van der Waals surface area contributed by atoms with E-state index in [9.17, 15) is 15.0 Å². The van der Waals surface area contributed by atoms with Crippen LogP contribution < -0.4 is 5.43 Å². The molecule has 3 aromatic rings. The fourth-order valence-corrected chi connectivity index (χ4v) is 2.47.